The van der Waals surface area contributed by atoms with Gasteiger partial charge in [-0.3, -0.25) is 4.79 Å². The van der Waals surface area contributed by atoms with Gasteiger partial charge in [0.05, 0.1) is 25.3 Å². The van der Waals surface area contributed by atoms with Gasteiger partial charge in [0.15, 0.2) is 5.79 Å². The fourth-order valence-electron chi connectivity index (χ4n) is 2.46. The Morgan fingerprint density at radius 3 is 2.78 bits per heavy atom. The van der Waals surface area contributed by atoms with E-state index in [0.717, 1.165) is 16.3 Å². The van der Waals surface area contributed by atoms with E-state index < -0.39 is 5.79 Å². The highest BCUT2D eigenvalue weighted by molar-refractivity contribution is 7.13. The number of hydrogen-bond donors (Lipinski definition) is 1. The fourth-order valence-corrected chi connectivity index (χ4v) is 3.28. The molecule has 1 aromatic carbocycles. The average molecular weight is 332 g/mol. The maximum atomic E-state index is 12.0. The van der Waals surface area contributed by atoms with Crippen molar-refractivity contribution in [3.63, 3.8) is 0 Å². The molecule has 0 bridgehead atoms. The zero-order chi connectivity index (χ0) is 16.1. The summed E-state index contributed by atoms with van der Waals surface area (Å²) >= 11 is 1.56. The summed E-state index contributed by atoms with van der Waals surface area (Å²) in [7, 11) is 0. The van der Waals surface area contributed by atoms with Crippen molar-refractivity contribution < 1.29 is 14.3 Å². The van der Waals surface area contributed by atoms with Gasteiger partial charge in [0.2, 0.25) is 5.91 Å². The van der Waals surface area contributed by atoms with E-state index in [-0.39, 0.29) is 5.91 Å². The van der Waals surface area contributed by atoms with E-state index in [0.29, 0.717) is 32.6 Å². The van der Waals surface area contributed by atoms with Crippen molar-refractivity contribution in [2.45, 2.75) is 25.6 Å². The summed E-state index contributed by atoms with van der Waals surface area (Å²) in [6.07, 6.45) is 0.937. The van der Waals surface area contributed by atoms with Crippen LogP contribution < -0.4 is 5.32 Å². The zero-order valence-corrected chi connectivity index (χ0v) is 13.9. The molecular weight excluding hydrogens is 312 g/mol. The lowest BCUT2D eigenvalue weighted by Gasteiger charge is -2.22. The van der Waals surface area contributed by atoms with Crippen molar-refractivity contribution >= 4 is 17.2 Å². The summed E-state index contributed by atoms with van der Waals surface area (Å²) in [5.74, 6) is -0.592. The largest absolute Gasteiger partial charge is 0.356 e. The summed E-state index contributed by atoms with van der Waals surface area (Å²) < 4.78 is 11.0. The number of thiazole rings is 1. The van der Waals surface area contributed by atoms with Gasteiger partial charge in [-0.2, -0.15) is 0 Å². The van der Waals surface area contributed by atoms with E-state index in [2.05, 4.69) is 10.3 Å². The average Bonchev–Trinajstić information content (AvgIpc) is 3.18. The van der Waals surface area contributed by atoms with Crippen LogP contribution in [0.4, 0.5) is 0 Å². The first-order valence-corrected chi connectivity index (χ1v) is 8.57. The molecule has 0 spiro atoms. The zero-order valence-electron chi connectivity index (χ0n) is 13.1. The molecule has 0 aliphatic carbocycles. The van der Waals surface area contributed by atoms with Crippen LogP contribution >= 0.6 is 11.3 Å². The van der Waals surface area contributed by atoms with E-state index in [1.807, 2.05) is 42.6 Å². The van der Waals surface area contributed by atoms with Crippen LogP contribution in [-0.4, -0.2) is 36.4 Å². The molecule has 0 atom stereocenters. The number of nitrogens with one attached hydrogen (secondary N) is 1. The molecule has 0 unspecified atom stereocenters. The van der Waals surface area contributed by atoms with Gasteiger partial charge in [-0.15, -0.1) is 11.3 Å². The molecule has 23 heavy (non-hydrogen) atoms. The van der Waals surface area contributed by atoms with E-state index in [4.69, 9.17) is 9.47 Å². The lowest BCUT2D eigenvalue weighted by atomic mass is 10.2. The molecule has 2 aromatic rings. The Balaban J connectivity index is 1.48. The first-order valence-electron chi connectivity index (χ1n) is 7.69. The Hall–Kier alpha value is -1.76. The summed E-state index contributed by atoms with van der Waals surface area (Å²) in [4.78, 5) is 16.5. The molecule has 3 rings (SSSR count). The van der Waals surface area contributed by atoms with Crippen molar-refractivity contribution in [1.29, 1.82) is 0 Å². The molecular formula is C17H20N2O3S. The summed E-state index contributed by atoms with van der Waals surface area (Å²) in [5, 5.41) is 5.77. The highest BCUT2D eigenvalue weighted by atomic mass is 32.1. The maximum Gasteiger partial charge on any atom is 0.226 e. The Morgan fingerprint density at radius 2 is 2.04 bits per heavy atom. The van der Waals surface area contributed by atoms with Gasteiger partial charge in [-0.25, -0.2) is 4.98 Å². The second-order valence-corrected chi connectivity index (χ2v) is 6.48. The number of benzene rings is 1. The normalized spacial score (nSPS) is 16.4. The topological polar surface area (TPSA) is 60.5 Å². The molecule has 0 radical (unpaired) electrons. The molecule has 1 saturated heterocycles. The predicted octanol–water partition coefficient (Wildman–Crippen LogP) is 2.62. The van der Waals surface area contributed by atoms with Crippen LogP contribution in [0, 0.1) is 0 Å². The highest BCUT2D eigenvalue weighted by Gasteiger charge is 2.30. The third-order valence-electron chi connectivity index (χ3n) is 3.71. The quantitative estimate of drug-likeness (QED) is 0.883. The molecule has 1 aliphatic rings. The minimum Gasteiger partial charge on any atom is -0.356 e. The fraction of sp³-hybridized carbons (Fsp3) is 0.412. The molecule has 2 heterocycles. The van der Waals surface area contributed by atoms with E-state index >= 15 is 0 Å². The lowest BCUT2D eigenvalue weighted by molar-refractivity contribution is -0.146. The van der Waals surface area contributed by atoms with Gasteiger partial charge < -0.3 is 14.8 Å². The van der Waals surface area contributed by atoms with Crippen LogP contribution in [0.25, 0.3) is 10.6 Å². The third-order valence-corrected chi connectivity index (χ3v) is 4.65. The van der Waals surface area contributed by atoms with Crippen molar-refractivity contribution in [3.05, 3.63) is 41.4 Å². The lowest BCUT2D eigenvalue weighted by Crippen LogP contribution is -2.34. The van der Waals surface area contributed by atoms with Crippen LogP contribution in [0.3, 0.4) is 0 Å². The maximum absolute atomic E-state index is 12.0. The summed E-state index contributed by atoms with van der Waals surface area (Å²) in [5.41, 5.74) is 1.87. The molecule has 1 N–H and O–H groups in total. The molecule has 0 saturated carbocycles. The van der Waals surface area contributed by atoms with E-state index in [1.54, 1.807) is 11.3 Å². The number of ether oxygens (including phenoxy) is 2. The number of aromatic nitrogens is 1. The third kappa shape index (κ3) is 4.37. The highest BCUT2D eigenvalue weighted by Crippen LogP contribution is 2.24. The number of nitrogens with zero attached hydrogens (tertiary/aromatic N) is 1. The molecule has 122 valence electrons. The summed E-state index contributed by atoms with van der Waals surface area (Å²) in [6.45, 7) is 3.67. The molecule has 1 amide bonds. The molecule has 1 aliphatic heterocycles. The number of rotatable bonds is 6. The monoisotopic (exact) mass is 332 g/mol. The van der Waals surface area contributed by atoms with E-state index in [9.17, 15) is 4.79 Å². The van der Waals surface area contributed by atoms with Crippen LogP contribution in [0.15, 0.2) is 35.7 Å². The van der Waals surface area contributed by atoms with Crippen LogP contribution in [-0.2, 0) is 20.7 Å². The van der Waals surface area contributed by atoms with Gasteiger partial charge in [-0.1, -0.05) is 30.3 Å². The number of carbonyl (C=O) groups is 1. The van der Waals surface area contributed by atoms with Gasteiger partial charge in [-0.05, 0) is 6.92 Å². The van der Waals surface area contributed by atoms with Gasteiger partial charge in [0, 0.05) is 23.9 Å². The van der Waals surface area contributed by atoms with Crippen molar-refractivity contribution in [2.75, 3.05) is 19.8 Å². The number of hydrogen-bond acceptors (Lipinski definition) is 5. The van der Waals surface area contributed by atoms with Gasteiger partial charge >= 0.3 is 0 Å². The van der Waals surface area contributed by atoms with Crippen LogP contribution in [0.5, 0.6) is 0 Å². The minimum absolute atomic E-state index is 0.0310. The minimum atomic E-state index is -0.561. The predicted molar refractivity (Wildman–Crippen MR) is 89.2 cm³/mol. The second kappa shape index (κ2) is 7.21. The van der Waals surface area contributed by atoms with Crippen molar-refractivity contribution in [2.24, 2.45) is 0 Å². The molecule has 6 heteroatoms. The summed E-state index contributed by atoms with van der Waals surface area (Å²) in [6, 6.07) is 9.98. The number of amides is 1. The second-order valence-electron chi connectivity index (χ2n) is 5.62. The Labute approximate surface area is 139 Å². The van der Waals surface area contributed by atoms with Gasteiger partial charge in [0.1, 0.15) is 5.01 Å². The Kier molecular flexibility index (Phi) is 5.05. The first kappa shape index (κ1) is 16.1. The first-order chi connectivity index (χ1) is 11.1. The molecule has 5 nitrogen and oxygen atoms in total. The Bertz CT molecular complexity index is 651. The van der Waals surface area contributed by atoms with Gasteiger partial charge in [0.25, 0.3) is 0 Å². The number of carbonyl (C=O) groups excluding carboxylic acids is 1. The standard InChI is InChI=1S/C17H20N2O3S/c1-17(21-9-10-22-17)7-8-18-15(20)11-14-12-23-16(19-14)13-5-3-2-4-6-13/h2-6,12H,7-11H2,1H3,(H,18,20). The van der Waals surface area contributed by atoms with Crippen LogP contribution in [0.2, 0.25) is 0 Å². The van der Waals surface area contributed by atoms with Crippen molar-refractivity contribution in [1.82, 2.24) is 10.3 Å². The Morgan fingerprint density at radius 1 is 1.30 bits per heavy atom. The van der Waals surface area contributed by atoms with Crippen molar-refractivity contribution in [3.8, 4) is 10.6 Å². The van der Waals surface area contributed by atoms with Crippen LogP contribution in [0.1, 0.15) is 19.0 Å². The molecule has 1 fully saturated rings. The van der Waals surface area contributed by atoms with E-state index in [1.165, 1.54) is 0 Å². The SMILES string of the molecule is CC1(CCNC(=O)Cc2csc(-c3ccccc3)n2)OCCO1. The smallest absolute Gasteiger partial charge is 0.226 e. The molecule has 1 aromatic heterocycles.